The number of thiazole rings is 1. The van der Waals surface area contributed by atoms with E-state index in [9.17, 15) is 22.8 Å². The van der Waals surface area contributed by atoms with Gasteiger partial charge in [-0.05, 0) is 45.4 Å². The quantitative estimate of drug-likeness (QED) is 0.378. The van der Waals surface area contributed by atoms with E-state index >= 15 is 0 Å². The predicted octanol–water partition coefficient (Wildman–Crippen LogP) is 3.78. The first kappa shape index (κ1) is 27.2. The number of rotatable bonds is 5. The molecule has 0 radical (unpaired) electrons. The van der Waals surface area contributed by atoms with Crippen LogP contribution in [0.1, 0.15) is 36.4 Å². The fraction of sp³-hybridized carbons (Fsp3) is 0.462. The SMILES string of the molecule is Cc1nc(C)n(CC(=O)N2CCN(c3sc(C(F)(F)F)nc3-c3nc4ccc(N5CCCC5=O)cc4[nH]3)CC2C)n1. The first-order chi connectivity index (χ1) is 19.5. The van der Waals surface area contributed by atoms with Crippen molar-refractivity contribution in [3.05, 3.63) is 34.9 Å². The van der Waals surface area contributed by atoms with E-state index in [1.165, 1.54) is 0 Å². The monoisotopic (exact) mass is 587 g/mol. The van der Waals surface area contributed by atoms with Gasteiger partial charge in [-0.25, -0.2) is 19.6 Å². The molecule has 2 aliphatic rings. The molecule has 1 N–H and O–H groups in total. The Morgan fingerprint density at radius 3 is 2.61 bits per heavy atom. The summed E-state index contributed by atoms with van der Waals surface area (Å²) in [6, 6.07) is 5.06. The van der Waals surface area contributed by atoms with Crippen molar-refractivity contribution in [2.24, 2.45) is 0 Å². The highest BCUT2D eigenvalue weighted by molar-refractivity contribution is 7.16. The second-order valence-corrected chi connectivity index (χ2v) is 11.3. The van der Waals surface area contributed by atoms with Gasteiger partial charge in [-0.1, -0.05) is 11.3 Å². The Morgan fingerprint density at radius 1 is 1.15 bits per heavy atom. The molecule has 0 saturated carbocycles. The van der Waals surface area contributed by atoms with Crippen molar-refractivity contribution in [1.82, 2.24) is 34.6 Å². The average Bonchev–Trinajstić information content (AvgIpc) is 3.69. The smallest absolute Gasteiger partial charge is 0.358 e. The van der Waals surface area contributed by atoms with Crippen LogP contribution in [0.25, 0.3) is 22.6 Å². The van der Waals surface area contributed by atoms with E-state index in [4.69, 9.17) is 0 Å². The molecule has 5 heterocycles. The fourth-order valence-corrected chi connectivity index (χ4v) is 6.41. The number of benzene rings is 1. The van der Waals surface area contributed by atoms with E-state index in [1.54, 1.807) is 46.5 Å². The summed E-state index contributed by atoms with van der Waals surface area (Å²) in [7, 11) is 0. The van der Waals surface area contributed by atoms with Gasteiger partial charge in [0, 0.05) is 44.3 Å². The van der Waals surface area contributed by atoms with Crippen LogP contribution < -0.4 is 9.80 Å². The molecule has 1 aromatic carbocycles. The number of carbonyl (C=O) groups is 2. The van der Waals surface area contributed by atoms with Crippen molar-refractivity contribution >= 4 is 44.9 Å². The zero-order valence-electron chi connectivity index (χ0n) is 22.7. The average molecular weight is 588 g/mol. The largest absolute Gasteiger partial charge is 0.443 e. The Morgan fingerprint density at radius 2 is 1.95 bits per heavy atom. The van der Waals surface area contributed by atoms with Crippen LogP contribution in [0.2, 0.25) is 0 Å². The molecule has 2 aliphatic heterocycles. The van der Waals surface area contributed by atoms with Crippen LogP contribution in [-0.4, -0.2) is 78.7 Å². The maximum atomic E-state index is 13.8. The molecule has 2 saturated heterocycles. The third-order valence-corrected chi connectivity index (χ3v) is 8.57. The maximum absolute atomic E-state index is 13.8. The van der Waals surface area contributed by atoms with E-state index < -0.39 is 11.2 Å². The van der Waals surface area contributed by atoms with Crippen molar-refractivity contribution in [1.29, 1.82) is 0 Å². The van der Waals surface area contributed by atoms with Crippen LogP contribution in [0, 0.1) is 13.8 Å². The summed E-state index contributed by atoms with van der Waals surface area (Å²) in [6.07, 6.45) is -3.35. The second kappa shape index (κ2) is 10.1. The maximum Gasteiger partial charge on any atom is 0.443 e. The third-order valence-electron chi connectivity index (χ3n) is 7.41. The number of nitrogens with zero attached hydrogens (tertiary/aromatic N) is 8. The number of piperazine rings is 1. The van der Waals surface area contributed by atoms with Gasteiger partial charge in [-0.2, -0.15) is 18.3 Å². The Balaban J connectivity index is 1.27. The number of amides is 2. The molecule has 0 spiro atoms. The molecule has 2 fully saturated rings. The number of anilines is 2. The first-order valence-electron chi connectivity index (χ1n) is 13.3. The molecular weight excluding hydrogens is 559 g/mol. The van der Waals surface area contributed by atoms with Crippen LogP contribution in [0.4, 0.5) is 23.9 Å². The number of imidazole rings is 1. The summed E-state index contributed by atoms with van der Waals surface area (Å²) >= 11 is 0.572. The molecule has 4 aromatic rings. The number of fused-ring (bicyclic) bond motifs is 1. The number of aromatic amines is 1. The van der Waals surface area contributed by atoms with Crippen LogP contribution in [0.5, 0.6) is 0 Å². The van der Waals surface area contributed by atoms with Crippen LogP contribution in [0.15, 0.2) is 18.2 Å². The number of aromatic nitrogens is 6. The lowest BCUT2D eigenvalue weighted by atomic mass is 10.2. The molecule has 0 aliphatic carbocycles. The molecule has 15 heteroatoms. The van der Waals surface area contributed by atoms with Gasteiger partial charge in [0.1, 0.15) is 28.9 Å². The van der Waals surface area contributed by atoms with Crippen molar-refractivity contribution < 1.29 is 22.8 Å². The third kappa shape index (κ3) is 5.13. The van der Waals surface area contributed by atoms with E-state index in [0.717, 1.165) is 12.1 Å². The van der Waals surface area contributed by atoms with Crippen LogP contribution in [-0.2, 0) is 22.3 Å². The highest BCUT2D eigenvalue weighted by Crippen LogP contribution is 2.43. The van der Waals surface area contributed by atoms with Crippen LogP contribution >= 0.6 is 11.3 Å². The summed E-state index contributed by atoms with van der Waals surface area (Å²) < 4.78 is 43.0. The van der Waals surface area contributed by atoms with Gasteiger partial charge in [0.15, 0.2) is 5.82 Å². The molecule has 2 amide bonds. The Hall–Kier alpha value is -4.01. The molecule has 1 unspecified atom stereocenters. The van der Waals surface area contributed by atoms with Gasteiger partial charge in [-0.15, -0.1) is 0 Å². The number of hydrogen-bond donors (Lipinski definition) is 1. The number of carbonyl (C=O) groups excluding carboxylic acids is 2. The summed E-state index contributed by atoms with van der Waals surface area (Å²) in [5, 5.41) is 3.63. The van der Waals surface area contributed by atoms with Gasteiger partial charge in [0.2, 0.25) is 16.8 Å². The topological polar surface area (TPSA) is 116 Å². The zero-order valence-corrected chi connectivity index (χ0v) is 23.5. The lowest BCUT2D eigenvalue weighted by Gasteiger charge is -2.40. The van der Waals surface area contributed by atoms with Gasteiger partial charge >= 0.3 is 6.18 Å². The standard InChI is InChI=1S/C26H28F3N9O2S/c1-14-12-35(9-10-36(14)21(40)13-38-16(3)30-15(2)34-38)24-22(33-25(41-24)26(27,28)29)23-31-18-7-6-17(11-19(18)32-23)37-8-4-5-20(37)39/h6-7,11,14H,4-5,8-10,12-13H2,1-3H3,(H,31,32). The number of nitrogens with one attached hydrogen (secondary N) is 1. The van der Waals surface area contributed by atoms with Gasteiger partial charge in [0.05, 0.1) is 11.0 Å². The molecule has 6 rings (SSSR count). The van der Waals surface area contributed by atoms with E-state index in [0.29, 0.717) is 71.6 Å². The Labute approximate surface area is 237 Å². The lowest BCUT2D eigenvalue weighted by molar-refractivity contribution is -0.137. The second-order valence-electron chi connectivity index (χ2n) is 10.4. The summed E-state index contributed by atoms with van der Waals surface area (Å²) in [6.45, 7) is 7.08. The minimum absolute atomic E-state index is 0.0407. The molecule has 216 valence electrons. The summed E-state index contributed by atoms with van der Waals surface area (Å²) in [4.78, 5) is 46.4. The van der Waals surface area contributed by atoms with E-state index in [2.05, 4.69) is 25.0 Å². The van der Waals surface area contributed by atoms with E-state index in [1.807, 2.05) is 11.8 Å². The van der Waals surface area contributed by atoms with Crippen molar-refractivity contribution in [2.75, 3.05) is 36.0 Å². The molecule has 0 bridgehead atoms. The Bertz CT molecular complexity index is 1640. The Kier molecular flexibility index (Phi) is 6.71. The zero-order chi connectivity index (χ0) is 29.1. The fourth-order valence-electron chi connectivity index (χ4n) is 5.44. The number of aryl methyl sites for hydroxylation is 2. The molecule has 11 nitrogen and oxygen atoms in total. The predicted molar refractivity (Wildman–Crippen MR) is 147 cm³/mol. The first-order valence-corrected chi connectivity index (χ1v) is 14.1. The number of hydrogen-bond acceptors (Lipinski definition) is 8. The number of halogens is 3. The van der Waals surface area contributed by atoms with Gasteiger partial charge < -0.3 is 19.7 Å². The number of H-pyrrole nitrogens is 1. The number of alkyl halides is 3. The van der Waals surface area contributed by atoms with E-state index in [-0.39, 0.29) is 35.9 Å². The van der Waals surface area contributed by atoms with Gasteiger partial charge in [0.25, 0.3) is 0 Å². The van der Waals surface area contributed by atoms with Crippen molar-refractivity contribution in [2.45, 2.75) is 52.4 Å². The minimum Gasteiger partial charge on any atom is -0.358 e. The lowest BCUT2D eigenvalue weighted by Crippen LogP contribution is -2.54. The molecule has 41 heavy (non-hydrogen) atoms. The molecule has 3 aromatic heterocycles. The summed E-state index contributed by atoms with van der Waals surface area (Å²) in [5.41, 5.74) is 1.99. The summed E-state index contributed by atoms with van der Waals surface area (Å²) in [5.74, 6) is 1.35. The van der Waals surface area contributed by atoms with Gasteiger partial charge in [-0.3, -0.25) is 9.59 Å². The van der Waals surface area contributed by atoms with Crippen molar-refractivity contribution in [3.8, 4) is 11.5 Å². The molecular formula is C26H28F3N9O2S. The highest BCUT2D eigenvalue weighted by Gasteiger charge is 2.39. The minimum atomic E-state index is -4.62. The highest BCUT2D eigenvalue weighted by atomic mass is 32.1. The molecule has 1 atom stereocenters. The normalized spacial score (nSPS) is 18.2. The van der Waals surface area contributed by atoms with Crippen LogP contribution in [0.3, 0.4) is 0 Å². The van der Waals surface area contributed by atoms with Crippen molar-refractivity contribution in [3.63, 3.8) is 0 Å².